The third kappa shape index (κ3) is 1.47. The van der Waals surface area contributed by atoms with Crippen LogP contribution in [0.5, 0.6) is 5.75 Å². The Morgan fingerprint density at radius 3 is 2.87 bits per heavy atom. The number of halogens is 1. The van der Waals surface area contributed by atoms with Gasteiger partial charge in [0.15, 0.2) is 0 Å². The van der Waals surface area contributed by atoms with Gasteiger partial charge in [-0.05, 0) is 22.0 Å². The van der Waals surface area contributed by atoms with Gasteiger partial charge in [0.05, 0.1) is 18.2 Å². The zero-order chi connectivity index (χ0) is 11.0. The van der Waals surface area contributed by atoms with Gasteiger partial charge in [0, 0.05) is 18.5 Å². The van der Waals surface area contributed by atoms with E-state index >= 15 is 0 Å². The van der Waals surface area contributed by atoms with Gasteiger partial charge < -0.3 is 4.74 Å². The minimum atomic E-state index is 0.513. The van der Waals surface area contributed by atoms with E-state index in [1.165, 1.54) is 0 Å². The molecule has 0 fully saturated rings. The molecule has 0 saturated carbocycles. The summed E-state index contributed by atoms with van der Waals surface area (Å²) in [5.74, 6) is 0.570. The van der Waals surface area contributed by atoms with E-state index in [9.17, 15) is 0 Å². The van der Waals surface area contributed by atoms with Gasteiger partial charge in [-0.25, -0.2) is 0 Å². The van der Waals surface area contributed by atoms with Crippen molar-refractivity contribution in [2.24, 2.45) is 7.05 Å². The molecule has 1 heterocycles. The fraction of sp³-hybridized carbons (Fsp3) is 0.200. The van der Waals surface area contributed by atoms with Gasteiger partial charge in [-0.15, -0.1) is 0 Å². The Morgan fingerprint density at radius 2 is 2.27 bits per heavy atom. The van der Waals surface area contributed by atoms with Crippen LogP contribution >= 0.6 is 15.9 Å². The van der Waals surface area contributed by atoms with Crippen LogP contribution in [0.4, 0.5) is 0 Å². The van der Waals surface area contributed by atoms with Crippen LogP contribution in [-0.4, -0.2) is 16.9 Å². The Kier molecular flexibility index (Phi) is 2.37. The van der Waals surface area contributed by atoms with E-state index in [-0.39, 0.29) is 0 Å². The second-order valence-electron chi connectivity index (χ2n) is 3.10. The first-order valence-corrected chi connectivity index (χ1v) is 5.07. The third-order valence-electron chi connectivity index (χ3n) is 2.25. The summed E-state index contributed by atoms with van der Waals surface area (Å²) in [7, 11) is 3.39. The standard InChI is InChI=1S/C10H8BrN3O/c1-14-8-4-9(15-2)6(5-12)3-7(8)10(11)13-14/h3-4H,1-2H3. The molecular formula is C10H8BrN3O. The van der Waals surface area contributed by atoms with E-state index in [2.05, 4.69) is 27.1 Å². The van der Waals surface area contributed by atoms with Crippen molar-refractivity contribution < 1.29 is 4.74 Å². The van der Waals surface area contributed by atoms with Gasteiger partial charge >= 0.3 is 0 Å². The van der Waals surface area contributed by atoms with Gasteiger partial charge in [0.2, 0.25) is 0 Å². The number of hydrogen-bond donors (Lipinski definition) is 0. The number of nitrogens with zero attached hydrogens (tertiary/aromatic N) is 3. The number of aromatic nitrogens is 2. The SMILES string of the molecule is COc1cc2c(cc1C#N)c(Br)nn2C. The number of benzene rings is 1. The molecule has 0 aliphatic rings. The molecule has 0 atom stereocenters. The highest BCUT2D eigenvalue weighted by Gasteiger charge is 2.11. The largest absolute Gasteiger partial charge is 0.495 e. The van der Waals surface area contributed by atoms with E-state index in [0.717, 1.165) is 15.5 Å². The minimum absolute atomic E-state index is 0.513. The second kappa shape index (κ2) is 3.55. The Balaban J connectivity index is 2.85. The summed E-state index contributed by atoms with van der Waals surface area (Å²) in [5, 5.41) is 14.1. The molecule has 2 rings (SSSR count). The lowest BCUT2D eigenvalue weighted by molar-refractivity contribution is 0.414. The number of hydrogen-bond acceptors (Lipinski definition) is 3. The predicted molar refractivity (Wildman–Crippen MR) is 59.7 cm³/mol. The third-order valence-corrected chi connectivity index (χ3v) is 2.83. The smallest absolute Gasteiger partial charge is 0.138 e. The van der Waals surface area contributed by atoms with Crippen LogP contribution in [0.15, 0.2) is 16.7 Å². The summed E-state index contributed by atoms with van der Waals surface area (Å²) < 4.78 is 7.60. The highest BCUT2D eigenvalue weighted by atomic mass is 79.9. The van der Waals surface area contributed by atoms with Crippen molar-refractivity contribution in [2.45, 2.75) is 0 Å². The van der Waals surface area contributed by atoms with Crippen molar-refractivity contribution >= 4 is 26.8 Å². The average molecular weight is 266 g/mol. The van der Waals surface area contributed by atoms with Gasteiger partial charge in [-0.2, -0.15) is 10.4 Å². The lowest BCUT2D eigenvalue weighted by atomic mass is 10.1. The molecule has 2 aromatic rings. The number of nitriles is 1. The van der Waals surface area contributed by atoms with Crippen LogP contribution in [0.3, 0.4) is 0 Å². The molecule has 0 aliphatic heterocycles. The normalized spacial score (nSPS) is 10.3. The van der Waals surface area contributed by atoms with E-state index in [1.807, 2.05) is 13.1 Å². The molecular weight excluding hydrogens is 258 g/mol. The molecule has 0 spiro atoms. The number of fused-ring (bicyclic) bond motifs is 1. The fourth-order valence-electron chi connectivity index (χ4n) is 1.50. The number of rotatable bonds is 1. The fourth-order valence-corrected chi connectivity index (χ4v) is 2.05. The Morgan fingerprint density at radius 1 is 1.53 bits per heavy atom. The van der Waals surface area contributed by atoms with E-state index in [0.29, 0.717) is 11.3 Å². The molecule has 0 amide bonds. The summed E-state index contributed by atoms with van der Waals surface area (Å²) in [6, 6.07) is 5.67. The topological polar surface area (TPSA) is 50.8 Å². The van der Waals surface area contributed by atoms with Crippen LogP contribution in [0.25, 0.3) is 10.9 Å². The molecule has 0 saturated heterocycles. The number of aryl methyl sites for hydroxylation is 1. The first-order chi connectivity index (χ1) is 7.17. The van der Waals surface area contributed by atoms with Gasteiger partial charge in [0.1, 0.15) is 16.4 Å². The lowest BCUT2D eigenvalue weighted by Gasteiger charge is -2.02. The summed E-state index contributed by atoms with van der Waals surface area (Å²) in [6.45, 7) is 0. The highest BCUT2D eigenvalue weighted by Crippen LogP contribution is 2.29. The molecule has 15 heavy (non-hydrogen) atoms. The van der Waals surface area contributed by atoms with Crippen molar-refractivity contribution in [1.29, 1.82) is 5.26 Å². The van der Waals surface area contributed by atoms with Crippen molar-refractivity contribution in [2.75, 3.05) is 7.11 Å². The van der Waals surface area contributed by atoms with Crippen LogP contribution in [0, 0.1) is 11.3 Å². The molecule has 5 heteroatoms. The van der Waals surface area contributed by atoms with Crippen LogP contribution in [0.2, 0.25) is 0 Å². The molecule has 1 aromatic heterocycles. The molecule has 0 aliphatic carbocycles. The maximum absolute atomic E-state index is 8.93. The van der Waals surface area contributed by atoms with Gasteiger partial charge in [-0.3, -0.25) is 4.68 Å². The zero-order valence-corrected chi connectivity index (χ0v) is 9.87. The summed E-state index contributed by atoms with van der Waals surface area (Å²) in [5.41, 5.74) is 1.44. The van der Waals surface area contributed by atoms with Crippen LogP contribution < -0.4 is 4.74 Å². The Hall–Kier alpha value is -1.54. The number of methoxy groups -OCH3 is 1. The molecule has 4 nitrogen and oxygen atoms in total. The van der Waals surface area contributed by atoms with Crippen molar-refractivity contribution in [1.82, 2.24) is 9.78 Å². The first kappa shape index (κ1) is 9.99. The van der Waals surface area contributed by atoms with Crippen LogP contribution in [0.1, 0.15) is 5.56 Å². The van der Waals surface area contributed by atoms with Crippen molar-refractivity contribution in [3.8, 4) is 11.8 Å². The summed E-state index contributed by atoms with van der Waals surface area (Å²) in [6.07, 6.45) is 0. The molecule has 0 bridgehead atoms. The molecule has 0 N–H and O–H groups in total. The summed E-state index contributed by atoms with van der Waals surface area (Å²) in [4.78, 5) is 0. The first-order valence-electron chi connectivity index (χ1n) is 4.27. The maximum Gasteiger partial charge on any atom is 0.138 e. The monoisotopic (exact) mass is 265 g/mol. The average Bonchev–Trinajstić information content (AvgIpc) is 2.52. The quantitative estimate of drug-likeness (QED) is 0.795. The van der Waals surface area contributed by atoms with E-state index < -0.39 is 0 Å². The van der Waals surface area contributed by atoms with Crippen molar-refractivity contribution in [3.63, 3.8) is 0 Å². The van der Waals surface area contributed by atoms with Crippen molar-refractivity contribution in [3.05, 3.63) is 22.3 Å². The Labute approximate surface area is 95.2 Å². The molecule has 0 radical (unpaired) electrons. The number of ether oxygens (including phenoxy) is 1. The summed E-state index contributed by atoms with van der Waals surface area (Å²) >= 11 is 3.35. The Bertz CT molecular complexity index is 568. The highest BCUT2D eigenvalue weighted by molar-refractivity contribution is 9.10. The van der Waals surface area contributed by atoms with Gasteiger partial charge in [-0.1, -0.05) is 0 Å². The minimum Gasteiger partial charge on any atom is -0.495 e. The molecule has 76 valence electrons. The predicted octanol–water partition coefficient (Wildman–Crippen LogP) is 2.22. The van der Waals surface area contributed by atoms with E-state index in [4.69, 9.17) is 10.00 Å². The van der Waals surface area contributed by atoms with E-state index in [1.54, 1.807) is 17.9 Å². The second-order valence-corrected chi connectivity index (χ2v) is 3.85. The van der Waals surface area contributed by atoms with Gasteiger partial charge in [0.25, 0.3) is 0 Å². The molecule has 1 aromatic carbocycles. The lowest BCUT2D eigenvalue weighted by Crippen LogP contribution is -1.91. The maximum atomic E-state index is 8.93. The van der Waals surface area contributed by atoms with Crippen LogP contribution in [-0.2, 0) is 7.05 Å². The molecule has 0 unspecified atom stereocenters. The zero-order valence-electron chi connectivity index (χ0n) is 8.28.